The standard InChI is InChI=1S/C23H18F2N6O2/c24-23(25)4-5-31(12-23)11-13-7-15(10-26-9-13)14-1-2-18-17(8-14)19(30-29-18)20-27-21(32)16-3-6-33-22(16)28-20/h1-3,6-10H,4-5,11-12H2,(H,29,30)(H,27,28,32). The van der Waals surface area contributed by atoms with E-state index in [9.17, 15) is 13.6 Å². The first-order valence-corrected chi connectivity index (χ1v) is 10.5. The van der Waals surface area contributed by atoms with Crippen LogP contribution in [0.5, 0.6) is 0 Å². The van der Waals surface area contributed by atoms with Crippen molar-refractivity contribution in [3.8, 4) is 22.6 Å². The van der Waals surface area contributed by atoms with Crippen LogP contribution in [0.4, 0.5) is 8.78 Å². The molecule has 1 aromatic carbocycles. The predicted octanol–water partition coefficient (Wildman–Crippen LogP) is 3.96. The van der Waals surface area contributed by atoms with Crippen LogP contribution in [0.3, 0.4) is 0 Å². The van der Waals surface area contributed by atoms with Gasteiger partial charge in [-0.2, -0.15) is 10.1 Å². The molecule has 10 heteroatoms. The number of furan rings is 1. The third kappa shape index (κ3) is 3.58. The minimum atomic E-state index is -2.62. The first-order valence-electron chi connectivity index (χ1n) is 10.5. The molecule has 166 valence electrons. The molecule has 0 saturated carbocycles. The van der Waals surface area contributed by atoms with Gasteiger partial charge in [-0.15, -0.1) is 0 Å². The number of pyridine rings is 1. The number of alkyl halides is 2. The van der Waals surface area contributed by atoms with E-state index in [1.807, 2.05) is 24.3 Å². The van der Waals surface area contributed by atoms with Gasteiger partial charge in [0.25, 0.3) is 11.5 Å². The molecule has 1 fully saturated rings. The summed E-state index contributed by atoms with van der Waals surface area (Å²) in [6.07, 6.45) is 4.76. The highest BCUT2D eigenvalue weighted by Crippen LogP contribution is 2.31. The molecule has 1 saturated heterocycles. The average Bonchev–Trinajstić information content (AvgIpc) is 3.51. The molecule has 6 rings (SSSR count). The molecule has 5 heterocycles. The van der Waals surface area contributed by atoms with Gasteiger partial charge >= 0.3 is 0 Å². The fourth-order valence-electron chi connectivity index (χ4n) is 4.29. The lowest BCUT2D eigenvalue weighted by molar-refractivity contribution is 0.0115. The Bertz CT molecular complexity index is 1550. The largest absolute Gasteiger partial charge is 0.448 e. The summed E-state index contributed by atoms with van der Waals surface area (Å²) in [7, 11) is 0. The average molecular weight is 448 g/mol. The Kier molecular flexibility index (Phi) is 4.37. The van der Waals surface area contributed by atoms with Crippen LogP contribution in [0.15, 0.2) is 58.2 Å². The highest BCUT2D eigenvalue weighted by molar-refractivity contribution is 5.94. The van der Waals surface area contributed by atoms with Gasteiger partial charge in [0.1, 0.15) is 11.1 Å². The number of rotatable bonds is 4. The Labute approximate surface area is 185 Å². The van der Waals surface area contributed by atoms with Gasteiger partial charge in [0.15, 0.2) is 5.82 Å². The number of hydrogen-bond donors (Lipinski definition) is 2. The number of likely N-dealkylation sites (tertiary alicyclic amines) is 1. The molecular formula is C23H18F2N6O2. The Balaban J connectivity index is 1.36. The lowest BCUT2D eigenvalue weighted by Crippen LogP contribution is -2.24. The summed E-state index contributed by atoms with van der Waals surface area (Å²) in [5.74, 6) is -2.32. The Hall–Kier alpha value is -3.92. The van der Waals surface area contributed by atoms with Gasteiger partial charge in [-0.1, -0.05) is 6.07 Å². The number of benzene rings is 1. The van der Waals surface area contributed by atoms with Crippen molar-refractivity contribution in [3.05, 3.63) is 64.9 Å². The maximum atomic E-state index is 13.5. The maximum Gasteiger partial charge on any atom is 0.284 e. The van der Waals surface area contributed by atoms with E-state index >= 15 is 0 Å². The molecule has 0 aliphatic carbocycles. The summed E-state index contributed by atoms with van der Waals surface area (Å²) in [5, 5.41) is 8.44. The lowest BCUT2D eigenvalue weighted by atomic mass is 10.0. The number of aromatic nitrogens is 5. The molecule has 33 heavy (non-hydrogen) atoms. The molecule has 0 radical (unpaired) electrons. The zero-order valence-electron chi connectivity index (χ0n) is 17.3. The van der Waals surface area contributed by atoms with E-state index in [4.69, 9.17) is 4.42 Å². The summed E-state index contributed by atoms with van der Waals surface area (Å²) in [6, 6.07) is 9.28. The van der Waals surface area contributed by atoms with Crippen molar-refractivity contribution in [2.24, 2.45) is 0 Å². The van der Waals surface area contributed by atoms with Crippen molar-refractivity contribution >= 4 is 22.0 Å². The van der Waals surface area contributed by atoms with Crippen molar-refractivity contribution in [1.29, 1.82) is 0 Å². The van der Waals surface area contributed by atoms with Crippen LogP contribution in [0.2, 0.25) is 0 Å². The molecule has 0 bridgehead atoms. The topological polar surface area (TPSA) is 104 Å². The Morgan fingerprint density at radius 1 is 1.12 bits per heavy atom. The Morgan fingerprint density at radius 2 is 2.03 bits per heavy atom. The molecule has 0 amide bonds. The Morgan fingerprint density at radius 3 is 2.88 bits per heavy atom. The van der Waals surface area contributed by atoms with Crippen LogP contribution in [-0.4, -0.2) is 49.1 Å². The van der Waals surface area contributed by atoms with Crippen LogP contribution < -0.4 is 5.56 Å². The third-order valence-corrected chi connectivity index (χ3v) is 5.91. The van der Waals surface area contributed by atoms with E-state index in [2.05, 4.69) is 25.1 Å². The first-order chi connectivity index (χ1) is 15.9. The quantitative estimate of drug-likeness (QED) is 0.431. The predicted molar refractivity (Wildman–Crippen MR) is 118 cm³/mol. The minimum Gasteiger partial charge on any atom is -0.448 e. The number of hydrogen-bond acceptors (Lipinski definition) is 6. The van der Waals surface area contributed by atoms with Gasteiger partial charge in [0.2, 0.25) is 5.71 Å². The maximum absolute atomic E-state index is 13.5. The number of halogens is 2. The fourth-order valence-corrected chi connectivity index (χ4v) is 4.29. The van der Waals surface area contributed by atoms with Crippen LogP contribution >= 0.6 is 0 Å². The molecule has 0 unspecified atom stereocenters. The highest BCUT2D eigenvalue weighted by Gasteiger charge is 2.37. The summed E-state index contributed by atoms with van der Waals surface area (Å²) < 4.78 is 32.4. The van der Waals surface area contributed by atoms with Crippen molar-refractivity contribution in [2.45, 2.75) is 18.9 Å². The summed E-state index contributed by atoms with van der Waals surface area (Å²) in [6.45, 7) is 0.559. The van der Waals surface area contributed by atoms with E-state index in [0.717, 1.165) is 27.6 Å². The molecule has 0 atom stereocenters. The number of fused-ring (bicyclic) bond motifs is 2. The van der Waals surface area contributed by atoms with Gasteiger partial charge in [-0.25, -0.2) is 8.78 Å². The second-order valence-corrected chi connectivity index (χ2v) is 8.29. The van der Waals surface area contributed by atoms with Crippen molar-refractivity contribution in [2.75, 3.05) is 13.1 Å². The van der Waals surface area contributed by atoms with E-state index < -0.39 is 11.5 Å². The molecule has 4 aromatic heterocycles. The fraction of sp³-hybridized carbons (Fsp3) is 0.217. The number of H-pyrrole nitrogens is 2. The van der Waals surface area contributed by atoms with E-state index in [1.165, 1.54) is 6.26 Å². The first kappa shape index (κ1) is 19.7. The van der Waals surface area contributed by atoms with Crippen LogP contribution in [0, 0.1) is 0 Å². The SMILES string of the molecule is O=c1nc(-c2n[nH]c3ccc(-c4cncc(CN5CCC(F)(F)C5)c4)cc23)[nH]c2occc12. The monoisotopic (exact) mass is 448 g/mol. The van der Waals surface area contributed by atoms with Crippen molar-refractivity contribution in [1.82, 2.24) is 30.0 Å². The van der Waals surface area contributed by atoms with Crippen LogP contribution in [0.1, 0.15) is 12.0 Å². The zero-order chi connectivity index (χ0) is 22.6. The van der Waals surface area contributed by atoms with Crippen molar-refractivity contribution in [3.63, 3.8) is 0 Å². The zero-order valence-corrected chi connectivity index (χ0v) is 17.3. The van der Waals surface area contributed by atoms with Crippen LogP contribution in [-0.2, 0) is 6.54 Å². The highest BCUT2D eigenvalue weighted by atomic mass is 19.3. The molecule has 1 aliphatic heterocycles. The second-order valence-electron chi connectivity index (χ2n) is 8.29. The van der Waals surface area contributed by atoms with Gasteiger partial charge in [0, 0.05) is 42.9 Å². The van der Waals surface area contributed by atoms with Crippen LogP contribution in [0.25, 0.3) is 44.6 Å². The third-order valence-electron chi connectivity index (χ3n) is 5.91. The van der Waals surface area contributed by atoms with Gasteiger partial charge in [0.05, 0.1) is 18.3 Å². The second kappa shape index (κ2) is 7.31. The summed E-state index contributed by atoms with van der Waals surface area (Å²) in [4.78, 5) is 25.5. The number of nitrogens with zero attached hydrogens (tertiary/aromatic N) is 4. The normalized spacial score (nSPS) is 16.2. The lowest BCUT2D eigenvalue weighted by Gasteiger charge is -2.15. The number of aromatic amines is 2. The smallest absolute Gasteiger partial charge is 0.284 e. The molecular weight excluding hydrogens is 430 g/mol. The summed E-state index contributed by atoms with van der Waals surface area (Å²) >= 11 is 0. The van der Waals surface area contributed by atoms with Gasteiger partial charge < -0.3 is 9.40 Å². The van der Waals surface area contributed by atoms with Gasteiger partial charge in [-0.05, 0) is 35.4 Å². The summed E-state index contributed by atoms with van der Waals surface area (Å²) in [5.41, 5.74) is 3.81. The molecule has 2 N–H and O–H groups in total. The molecule has 1 aliphatic rings. The van der Waals surface area contributed by atoms with Gasteiger partial charge in [-0.3, -0.25) is 19.8 Å². The van der Waals surface area contributed by atoms with E-state index in [0.29, 0.717) is 35.7 Å². The van der Waals surface area contributed by atoms with E-state index in [-0.39, 0.29) is 13.0 Å². The van der Waals surface area contributed by atoms with Crippen molar-refractivity contribution < 1.29 is 13.2 Å². The number of nitrogens with one attached hydrogen (secondary N) is 2. The van der Waals surface area contributed by atoms with E-state index in [1.54, 1.807) is 23.4 Å². The minimum absolute atomic E-state index is 0.111. The molecule has 5 aromatic rings. The molecule has 8 nitrogen and oxygen atoms in total. The molecule has 0 spiro atoms.